The number of phenolic OH excluding ortho intramolecular Hbond substituents is 1. The van der Waals surface area contributed by atoms with Crippen molar-refractivity contribution in [2.24, 2.45) is 0 Å². The minimum atomic E-state index is 0.105. The molecule has 0 radical (unpaired) electrons. The second-order valence-corrected chi connectivity index (χ2v) is 6.14. The van der Waals surface area contributed by atoms with Gasteiger partial charge in [-0.15, -0.1) is 0 Å². The van der Waals surface area contributed by atoms with Crippen molar-refractivity contribution in [1.82, 2.24) is 15.1 Å². The number of halogens is 2. The van der Waals surface area contributed by atoms with Crippen molar-refractivity contribution in [3.05, 3.63) is 44.7 Å². The highest BCUT2D eigenvalue weighted by molar-refractivity contribution is 14.1. The average molecular weight is 444 g/mol. The SMILES string of the molecule is Oc1ccc(I)cc1-c1nc(-c2cncc(Br)c2)no1. The fraction of sp³-hybridized carbons (Fsp3) is 0. The quantitative estimate of drug-likeness (QED) is 0.608. The highest BCUT2D eigenvalue weighted by Crippen LogP contribution is 2.30. The molecule has 0 bridgehead atoms. The van der Waals surface area contributed by atoms with Gasteiger partial charge in [0.15, 0.2) is 0 Å². The van der Waals surface area contributed by atoms with E-state index in [1.54, 1.807) is 30.6 Å². The molecule has 3 rings (SSSR count). The molecule has 0 aliphatic heterocycles. The zero-order valence-electron chi connectivity index (χ0n) is 9.92. The zero-order valence-corrected chi connectivity index (χ0v) is 13.7. The predicted octanol–water partition coefficient (Wildman–Crippen LogP) is 3.87. The maximum absolute atomic E-state index is 9.86. The lowest BCUT2D eigenvalue weighted by molar-refractivity contribution is 0.425. The first-order valence-electron chi connectivity index (χ1n) is 5.57. The summed E-state index contributed by atoms with van der Waals surface area (Å²) in [5.41, 5.74) is 1.25. The van der Waals surface area contributed by atoms with Gasteiger partial charge in [0.1, 0.15) is 5.75 Å². The zero-order chi connectivity index (χ0) is 14.1. The fourth-order valence-electron chi connectivity index (χ4n) is 1.66. The van der Waals surface area contributed by atoms with Crippen LogP contribution in [0.4, 0.5) is 0 Å². The van der Waals surface area contributed by atoms with Gasteiger partial charge in [-0.05, 0) is 62.8 Å². The van der Waals surface area contributed by atoms with Crippen LogP contribution >= 0.6 is 38.5 Å². The Morgan fingerprint density at radius 1 is 1.20 bits per heavy atom. The third kappa shape index (κ3) is 2.68. The summed E-state index contributed by atoms with van der Waals surface area (Å²) in [5.74, 6) is 0.802. The molecule has 0 amide bonds. The molecule has 5 nitrogen and oxygen atoms in total. The third-order valence-electron chi connectivity index (χ3n) is 2.58. The molecule has 0 spiro atoms. The Bertz CT molecular complexity index is 776. The lowest BCUT2D eigenvalue weighted by Crippen LogP contribution is -1.84. The van der Waals surface area contributed by atoms with Crippen LogP contribution in [0.5, 0.6) is 5.75 Å². The lowest BCUT2D eigenvalue weighted by atomic mass is 10.2. The van der Waals surface area contributed by atoms with E-state index in [0.717, 1.165) is 13.6 Å². The van der Waals surface area contributed by atoms with Crippen LogP contribution in [0.2, 0.25) is 0 Å². The van der Waals surface area contributed by atoms with Crippen LogP contribution < -0.4 is 0 Å². The van der Waals surface area contributed by atoms with E-state index in [1.165, 1.54) is 0 Å². The summed E-state index contributed by atoms with van der Waals surface area (Å²) in [6.07, 6.45) is 3.32. The minimum Gasteiger partial charge on any atom is -0.507 e. The van der Waals surface area contributed by atoms with Gasteiger partial charge in [-0.25, -0.2) is 0 Å². The summed E-state index contributed by atoms with van der Waals surface area (Å²) >= 11 is 5.50. The van der Waals surface area contributed by atoms with Crippen LogP contribution in [-0.4, -0.2) is 20.2 Å². The van der Waals surface area contributed by atoms with Crippen LogP contribution in [0.3, 0.4) is 0 Å². The number of phenols is 1. The molecule has 0 fully saturated rings. The highest BCUT2D eigenvalue weighted by Gasteiger charge is 2.14. The van der Waals surface area contributed by atoms with Gasteiger partial charge >= 0.3 is 0 Å². The number of nitrogens with zero attached hydrogens (tertiary/aromatic N) is 3. The first-order chi connectivity index (χ1) is 9.63. The van der Waals surface area contributed by atoms with Crippen molar-refractivity contribution >= 4 is 38.5 Å². The van der Waals surface area contributed by atoms with Crippen molar-refractivity contribution in [1.29, 1.82) is 0 Å². The van der Waals surface area contributed by atoms with Gasteiger partial charge in [-0.2, -0.15) is 4.98 Å². The maximum Gasteiger partial charge on any atom is 0.262 e. The maximum atomic E-state index is 9.86. The van der Waals surface area contributed by atoms with Crippen molar-refractivity contribution in [3.63, 3.8) is 0 Å². The van der Waals surface area contributed by atoms with E-state index in [0.29, 0.717) is 11.4 Å². The minimum absolute atomic E-state index is 0.105. The molecule has 100 valence electrons. The number of hydrogen-bond acceptors (Lipinski definition) is 5. The summed E-state index contributed by atoms with van der Waals surface area (Å²) in [6.45, 7) is 0. The second-order valence-electron chi connectivity index (χ2n) is 3.98. The largest absolute Gasteiger partial charge is 0.507 e. The van der Waals surface area contributed by atoms with Crippen LogP contribution in [0, 0.1) is 3.57 Å². The van der Waals surface area contributed by atoms with E-state index in [4.69, 9.17) is 4.52 Å². The Morgan fingerprint density at radius 2 is 2.05 bits per heavy atom. The smallest absolute Gasteiger partial charge is 0.262 e. The van der Waals surface area contributed by atoms with Gasteiger partial charge in [0.2, 0.25) is 5.82 Å². The monoisotopic (exact) mass is 443 g/mol. The lowest BCUT2D eigenvalue weighted by Gasteiger charge is -1.99. The average Bonchev–Trinajstić information content (AvgIpc) is 2.91. The molecular weight excluding hydrogens is 437 g/mol. The molecule has 2 aromatic heterocycles. The molecule has 20 heavy (non-hydrogen) atoms. The van der Waals surface area contributed by atoms with E-state index >= 15 is 0 Å². The molecule has 0 aliphatic rings. The molecule has 1 aromatic carbocycles. The van der Waals surface area contributed by atoms with Gasteiger partial charge in [-0.3, -0.25) is 4.98 Å². The molecule has 0 atom stereocenters. The highest BCUT2D eigenvalue weighted by atomic mass is 127. The number of aromatic hydroxyl groups is 1. The number of hydrogen-bond donors (Lipinski definition) is 1. The van der Waals surface area contributed by atoms with Crippen LogP contribution in [0.25, 0.3) is 22.8 Å². The summed E-state index contributed by atoms with van der Waals surface area (Å²) in [7, 11) is 0. The third-order valence-corrected chi connectivity index (χ3v) is 3.68. The van der Waals surface area contributed by atoms with E-state index in [1.807, 2.05) is 6.07 Å². The Kier molecular flexibility index (Phi) is 3.70. The summed E-state index contributed by atoms with van der Waals surface area (Å²) in [5, 5.41) is 13.8. The van der Waals surface area contributed by atoms with Crippen LogP contribution in [0.1, 0.15) is 0 Å². The van der Waals surface area contributed by atoms with Gasteiger partial charge in [0.25, 0.3) is 5.89 Å². The molecule has 1 N–H and O–H groups in total. The predicted molar refractivity (Wildman–Crippen MR) is 85.0 cm³/mol. The van der Waals surface area contributed by atoms with Gasteiger partial charge in [-0.1, -0.05) is 5.16 Å². The number of pyridine rings is 1. The molecular formula is C13H7BrIN3O2. The number of benzene rings is 1. The van der Waals surface area contributed by atoms with E-state index in [2.05, 4.69) is 53.6 Å². The van der Waals surface area contributed by atoms with Crippen molar-refractivity contribution in [3.8, 4) is 28.6 Å². The van der Waals surface area contributed by atoms with Crippen LogP contribution in [-0.2, 0) is 0 Å². The Hall–Kier alpha value is -1.48. The normalized spacial score (nSPS) is 10.7. The standard InChI is InChI=1S/C13H7BrIN3O2/c14-8-3-7(5-16-6-8)12-17-13(20-18-12)10-4-9(15)1-2-11(10)19/h1-6,19H. The molecule has 3 aromatic rings. The first-order valence-corrected chi connectivity index (χ1v) is 7.44. The summed E-state index contributed by atoms with van der Waals surface area (Å²) in [4.78, 5) is 8.35. The Morgan fingerprint density at radius 3 is 2.85 bits per heavy atom. The van der Waals surface area contributed by atoms with Gasteiger partial charge in [0, 0.05) is 26.0 Å². The Balaban J connectivity index is 2.04. The summed E-state index contributed by atoms with van der Waals surface area (Å²) in [6, 6.07) is 7.03. The molecule has 2 heterocycles. The molecule has 0 aliphatic carbocycles. The second kappa shape index (κ2) is 5.49. The fourth-order valence-corrected chi connectivity index (χ4v) is 2.52. The Labute approximate surface area is 136 Å². The first kappa shape index (κ1) is 13.5. The van der Waals surface area contributed by atoms with Crippen molar-refractivity contribution in [2.45, 2.75) is 0 Å². The van der Waals surface area contributed by atoms with E-state index < -0.39 is 0 Å². The molecule has 7 heteroatoms. The number of aromatic nitrogens is 3. The number of rotatable bonds is 2. The van der Waals surface area contributed by atoms with E-state index in [-0.39, 0.29) is 11.6 Å². The molecule has 0 unspecified atom stereocenters. The molecule has 0 saturated heterocycles. The summed E-state index contributed by atoms with van der Waals surface area (Å²) < 4.78 is 7.02. The van der Waals surface area contributed by atoms with Gasteiger partial charge < -0.3 is 9.63 Å². The van der Waals surface area contributed by atoms with Crippen LogP contribution in [0.15, 0.2) is 45.7 Å². The van der Waals surface area contributed by atoms with Crippen molar-refractivity contribution in [2.75, 3.05) is 0 Å². The van der Waals surface area contributed by atoms with Gasteiger partial charge in [0.05, 0.1) is 5.56 Å². The topological polar surface area (TPSA) is 72.0 Å². The van der Waals surface area contributed by atoms with E-state index in [9.17, 15) is 5.11 Å². The van der Waals surface area contributed by atoms with Crippen molar-refractivity contribution < 1.29 is 9.63 Å². The molecule has 0 saturated carbocycles.